The number of amides is 1. The molecule has 0 aliphatic carbocycles. The van der Waals surface area contributed by atoms with Gasteiger partial charge < -0.3 is 9.64 Å². The van der Waals surface area contributed by atoms with Crippen LogP contribution in [0.3, 0.4) is 0 Å². The first kappa shape index (κ1) is 23.5. The van der Waals surface area contributed by atoms with Gasteiger partial charge in [-0.3, -0.25) is 14.9 Å². The summed E-state index contributed by atoms with van der Waals surface area (Å²) in [6.45, 7) is 11.9. The number of aliphatic imine (C=N–C) groups is 1. The lowest BCUT2D eigenvalue weighted by atomic mass is 10.1. The van der Waals surface area contributed by atoms with Gasteiger partial charge >= 0.3 is 6.18 Å². The highest BCUT2D eigenvalue weighted by atomic mass is 19.4. The van der Waals surface area contributed by atoms with Gasteiger partial charge in [0.25, 0.3) is 5.91 Å². The minimum atomic E-state index is -4.55. The fourth-order valence-corrected chi connectivity index (χ4v) is 2.58. The number of methoxy groups -OCH3 is 1. The van der Waals surface area contributed by atoms with Crippen LogP contribution >= 0.6 is 0 Å². The lowest BCUT2D eigenvalue weighted by Crippen LogP contribution is -2.35. The molecule has 1 aliphatic rings. The first-order valence-corrected chi connectivity index (χ1v) is 8.94. The Morgan fingerprint density at radius 2 is 1.96 bits per heavy atom. The summed E-state index contributed by atoms with van der Waals surface area (Å²) in [6, 6.07) is 1.88. The summed E-state index contributed by atoms with van der Waals surface area (Å²) in [5, 5.41) is 7.02. The highest BCUT2D eigenvalue weighted by molar-refractivity contribution is 5.92. The van der Waals surface area contributed by atoms with Crippen molar-refractivity contribution in [3.63, 3.8) is 0 Å². The maximum Gasteiger partial charge on any atom is 0.437 e. The maximum absolute atomic E-state index is 12.1. The molecule has 28 heavy (non-hydrogen) atoms. The molecule has 1 aromatic rings. The second-order valence-corrected chi connectivity index (χ2v) is 6.49. The molecule has 0 saturated carbocycles. The summed E-state index contributed by atoms with van der Waals surface area (Å²) >= 11 is 0. The number of alkyl halides is 3. The van der Waals surface area contributed by atoms with Crippen LogP contribution in [0.4, 0.5) is 13.2 Å². The predicted molar refractivity (Wildman–Crippen MR) is 102 cm³/mol. The Morgan fingerprint density at radius 1 is 1.36 bits per heavy atom. The quantitative estimate of drug-likeness (QED) is 0.451. The van der Waals surface area contributed by atoms with Crippen molar-refractivity contribution in [3.05, 3.63) is 41.6 Å². The standard InChI is InChI=1S/C12H19N3O.C7H8F3NO/c1-9(2)10-8-11(14-13-10)12(16)15-6-4-3-5-7-15;1-4-5(12-3)6(11-2)7(8,9)10/h8-9H,3-7H2,1-2H3,(H,13,14);4H,1-2H2,3H3/b;6-5+. The third kappa shape index (κ3) is 6.54. The van der Waals surface area contributed by atoms with Gasteiger partial charge in [0.1, 0.15) is 11.5 Å². The predicted octanol–water partition coefficient (Wildman–Crippen LogP) is 4.45. The van der Waals surface area contributed by atoms with E-state index in [2.05, 4.69) is 47.1 Å². The van der Waals surface area contributed by atoms with Crippen LogP contribution in [-0.2, 0) is 4.74 Å². The molecule has 1 amide bonds. The number of ether oxygens (including phenoxy) is 1. The molecule has 1 N–H and O–H groups in total. The number of piperidine rings is 1. The first-order valence-electron chi connectivity index (χ1n) is 8.94. The van der Waals surface area contributed by atoms with E-state index in [-0.39, 0.29) is 5.91 Å². The van der Waals surface area contributed by atoms with E-state index in [1.165, 1.54) is 6.42 Å². The van der Waals surface area contributed by atoms with Crippen molar-refractivity contribution in [2.24, 2.45) is 4.99 Å². The van der Waals surface area contributed by atoms with Gasteiger partial charge in [-0.15, -0.1) is 0 Å². The zero-order valence-electron chi connectivity index (χ0n) is 16.5. The number of hydrogen-bond acceptors (Lipinski definition) is 4. The number of nitrogens with one attached hydrogen (secondary N) is 1. The normalized spacial score (nSPS) is 15.3. The zero-order valence-corrected chi connectivity index (χ0v) is 16.5. The van der Waals surface area contributed by atoms with Crippen LogP contribution < -0.4 is 0 Å². The summed E-state index contributed by atoms with van der Waals surface area (Å²) in [7, 11) is 1.11. The molecular weight excluding hydrogens is 373 g/mol. The Morgan fingerprint density at radius 3 is 2.32 bits per heavy atom. The number of halogens is 3. The molecule has 9 heteroatoms. The van der Waals surface area contributed by atoms with E-state index in [1.807, 2.05) is 11.0 Å². The molecule has 1 saturated heterocycles. The summed E-state index contributed by atoms with van der Waals surface area (Å²) in [5.41, 5.74) is 0.422. The van der Waals surface area contributed by atoms with Crippen LogP contribution in [0.25, 0.3) is 0 Å². The number of aromatic amines is 1. The van der Waals surface area contributed by atoms with Crippen molar-refractivity contribution in [2.45, 2.75) is 45.2 Å². The van der Waals surface area contributed by atoms with E-state index < -0.39 is 17.6 Å². The SMILES string of the molecule is C=C/C(OC)=C(\N=C)C(F)(F)F.CC(C)c1cc(C(=O)N2CCCCC2)n[nH]1. The van der Waals surface area contributed by atoms with Gasteiger partial charge in [-0.25, -0.2) is 0 Å². The minimum Gasteiger partial charge on any atom is -0.495 e. The number of carbonyl (C=O) groups is 1. The smallest absolute Gasteiger partial charge is 0.437 e. The minimum absolute atomic E-state index is 0.0721. The lowest BCUT2D eigenvalue weighted by molar-refractivity contribution is -0.0951. The van der Waals surface area contributed by atoms with Crippen molar-refractivity contribution >= 4 is 12.6 Å². The molecule has 2 rings (SSSR count). The van der Waals surface area contributed by atoms with E-state index >= 15 is 0 Å². The summed E-state index contributed by atoms with van der Waals surface area (Å²) in [5.74, 6) is 0.0238. The first-order chi connectivity index (χ1) is 13.1. The second-order valence-electron chi connectivity index (χ2n) is 6.49. The van der Waals surface area contributed by atoms with Crippen LogP contribution in [0.2, 0.25) is 0 Å². The molecule has 0 unspecified atom stereocenters. The Balaban J connectivity index is 0.000000295. The van der Waals surface area contributed by atoms with Gasteiger partial charge in [0.2, 0.25) is 0 Å². The Bertz CT molecular complexity index is 702. The number of hydrogen-bond donors (Lipinski definition) is 1. The largest absolute Gasteiger partial charge is 0.495 e. The number of carbonyl (C=O) groups excluding carboxylic acids is 1. The van der Waals surface area contributed by atoms with Crippen molar-refractivity contribution in [3.8, 4) is 0 Å². The van der Waals surface area contributed by atoms with Crippen LogP contribution in [0.5, 0.6) is 0 Å². The fraction of sp³-hybridized carbons (Fsp3) is 0.526. The third-order valence-electron chi connectivity index (χ3n) is 4.15. The third-order valence-corrected chi connectivity index (χ3v) is 4.15. The number of aromatic nitrogens is 2. The molecule has 1 fully saturated rings. The number of nitrogens with zero attached hydrogens (tertiary/aromatic N) is 3. The van der Waals surface area contributed by atoms with Crippen LogP contribution in [0, 0.1) is 0 Å². The summed E-state index contributed by atoms with van der Waals surface area (Å²) < 4.78 is 40.5. The van der Waals surface area contributed by atoms with Gasteiger partial charge in [0, 0.05) is 18.8 Å². The molecule has 6 nitrogen and oxygen atoms in total. The topological polar surface area (TPSA) is 70.6 Å². The molecule has 0 bridgehead atoms. The molecule has 0 atom stereocenters. The number of rotatable bonds is 5. The van der Waals surface area contributed by atoms with Crippen molar-refractivity contribution in [2.75, 3.05) is 20.2 Å². The lowest BCUT2D eigenvalue weighted by Gasteiger charge is -2.25. The average molecular weight is 400 g/mol. The van der Waals surface area contributed by atoms with E-state index in [0.717, 1.165) is 44.8 Å². The zero-order chi connectivity index (χ0) is 21.3. The number of H-pyrrole nitrogens is 1. The molecule has 0 spiro atoms. The highest BCUT2D eigenvalue weighted by Crippen LogP contribution is 2.29. The molecule has 0 radical (unpaired) electrons. The second kappa shape index (κ2) is 10.7. The highest BCUT2D eigenvalue weighted by Gasteiger charge is 2.36. The fourth-order valence-electron chi connectivity index (χ4n) is 2.58. The van der Waals surface area contributed by atoms with E-state index in [4.69, 9.17) is 0 Å². The number of allylic oxidation sites excluding steroid dienone is 2. The van der Waals surface area contributed by atoms with Gasteiger partial charge in [-0.05, 0) is 44.0 Å². The van der Waals surface area contributed by atoms with Gasteiger partial charge in [0.05, 0.1) is 7.11 Å². The van der Waals surface area contributed by atoms with Gasteiger partial charge in [-0.1, -0.05) is 20.4 Å². The summed E-state index contributed by atoms with van der Waals surface area (Å²) in [6.07, 6.45) is -0.152. The molecule has 0 aromatic carbocycles. The molecule has 1 aromatic heterocycles. The Labute approximate surface area is 163 Å². The maximum atomic E-state index is 12.1. The average Bonchev–Trinajstić information content (AvgIpc) is 3.16. The van der Waals surface area contributed by atoms with Crippen LogP contribution in [-0.4, -0.2) is 54.1 Å². The Hall–Kier alpha value is -2.58. The van der Waals surface area contributed by atoms with Gasteiger partial charge in [-0.2, -0.15) is 18.3 Å². The van der Waals surface area contributed by atoms with Crippen molar-refractivity contribution in [1.29, 1.82) is 0 Å². The molecule has 2 heterocycles. The van der Waals surface area contributed by atoms with Gasteiger partial charge in [0.15, 0.2) is 5.70 Å². The van der Waals surface area contributed by atoms with E-state index in [1.54, 1.807) is 0 Å². The monoisotopic (exact) mass is 400 g/mol. The number of likely N-dealkylation sites (tertiary alicyclic amines) is 1. The Kier molecular flexibility index (Phi) is 8.94. The summed E-state index contributed by atoms with van der Waals surface area (Å²) in [4.78, 5) is 16.8. The molecule has 1 aliphatic heterocycles. The van der Waals surface area contributed by atoms with E-state index in [0.29, 0.717) is 11.6 Å². The van der Waals surface area contributed by atoms with Crippen molar-refractivity contribution in [1.82, 2.24) is 15.1 Å². The van der Waals surface area contributed by atoms with Crippen molar-refractivity contribution < 1.29 is 22.7 Å². The molecular formula is C19H27F3N4O2. The van der Waals surface area contributed by atoms with Crippen LogP contribution in [0.1, 0.15) is 55.2 Å². The van der Waals surface area contributed by atoms with E-state index in [9.17, 15) is 18.0 Å². The molecule has 156 valence electrons. The van der Waals surface area contributed by atoms with Crippen LogP contribution in [0.15, 0.2) is 35.2 Å².